The Hall–Kier alpha value is -2.63. The number of anilines is 1. The van der Waals surface area contributed by atoms with Crippen LogP contribution in [-0.2, 0) is 11.3 Å². The van der Waals surface area contributed by atoms with Gasteiger partial charge >= 0.3 is 0 Å². The van der Waals surface area contributed by atoms with Gasteiger partial charge in [-0.15, -0.1) is 0 Å². The molecule has 0 saturated heterocycles. The van der Waals surface area contributed by atoms with Crippen LogP contribution in [0.4, 0.5) is 5.82 Å². The molecule has 0 fully saturated rings. The quantitative estimate of drug-likeness (QED) is 0.565. The number of aromatic nitrogens is 1. The molecule has 2 rings (SSSR count). The van der Waals surface area contributed by atoms with Crippen LogP contribution in [0.15, 0.2) is 27.8 Å². The summed E-state index contributed by atoms with van der Waals surface area (Å²) >= 11 is 3.35. The summed E-state index contributed by atoms with van der Waals surface area (Å²) in [5.74, 6) is 0.710. The van der Waals surface area contributed by atoms with Crippen molar-refractivity contribution in [2.75, 3.05) is 19.6 Å². The number of pyridine rings is 1. The predicted octanol–water partition coefficient (Wildman–Crippen LogP) is 3.33. The van der Waals surface area contributed by atoms with Crippen LogP contribution in [0.1, 0.15) is 22.4 Å². The fraction of sp³-hybridized carbons (Fsp3) is 0.235. The van der Waals surface area contributed by atoms with Crippen LogP contribution >= 0.6 is 15.9 Å². The van der Waals surface area contributed by atoms with Crippen molar-refractivity contribution in [3.05, 3.63) is 45.1 Å². The van der Waals surface area contributed by atoms with E-state index in [2.05, 4.69) is 37.5 Å². The molecule has 0 unspecified atom stereocenters. The summed E-state index contributed by atoms with van der Waals surface area (Å²) in [6.45, 7) is 2.14. The molecule has 130 valence electrons. The van der Waals surface area contributed by atoms with Crippen LogP contribution < -0.4 is 10.2 Å². The Kier molecular flexibility index (Phi) is 6.33. The number of phenolic OH excluding ortho intramolecular Hbond substituents is 1. The number of hydrogen-bond acceptors (Lipinski definition) is 7. The Morgan fingerprint density at radius 2 is 2.16 bits per heavy atom. The van der Waals surface area contributed by atoms with Gasteiger partial charge in [-0.2, -0.15) is 10.4 Å². The summed E-state index contributed by atoms with van der Waals surface area (Å²) in [6, 6.07) is 7.08. The van der Waals surface area contributed by atoms with E-state index in [1.807, 2.05) is 6.92 Å². The molecule has 1 aromatic heterocycles. The summed E-state index contributed by atoms with van der Waals surface area (Å²) < 4.78 is 10.8. The van der Waals surface area contributed by atoms with Crippen LogP contribution in [0.5, 0.6) is 11.5 Å². The highest BCUT2D eigenvalue weighted by molar-refractivity contribution is 9.10. The SMILES string of the molecule is COCc1cc(C)nc(N/N=C/c2cc(OC)c(O)cc2Br)c1C#N. The topological polar surface area (TPSA) is 99.8 Å². The molecule has 0 bridgehead atoms. The number of nitrogens with one attached hydrogen (secondary N) is 1. The number of methoxy groups -OCH3 is 2. The molecule has 0 aliphatic carbocycles. The maximum Gasteiger partial charge on any atom is 0.164 e. The van der Waals surface area contributed by atoms with E-state index >= 15 is 0 Å². The van der Waals surface area contributed by atoms with Crippen molar-refractivity contribution in [3.63, 3.8) is 0 Å². The van der Waals surface area contributed by atoms with Crippen molar-refractivity contribution in [3.8, 4) is 17.6 Å². The first-order valence-electron chi connectivity index (χ1n) is 7.25. The molecule has 0 amide bonds. The van der Waals surface area contributed by atoms with Crippen molar-refractivity contribution < 1.29 is 14.6 Å². The van der Waals surface area contributed by atoms with Gasteiger partial charge in [-0.3, -0.25) is 5.43 Å². The fourth-order valence-corrected chi connectivity index (χ4v) is 2.63. The van der Waals surface area contributed by atoms with Gasteiger partial charge in [-0.1, -0.05) is 0 Å². The zero-order valence-electron chi connectivity index (χ0n) is 14.0. The van der Waals surface area contributed by atoms with Crippen LogP contribution in [-0.4, -0.2) is 30.5 Å². The van der Waals surface area contributed by atoms with Gasteiger partial charge in [0.2, 0.25) is 0 Å². The second-order valence-corrected chi connectivity index (χ2v) is 5.96. The lowest BCUT2D eigenvalue weighted by atomic mass is 10.1. The third-order valence-electron chi connectivity index (χ3n) is 3.31. The van der Waals surface area contributed by atoms with Gasteiger partial charge in [-0.05, 0) is 41.1 Å². The first-order chi connectivity index (χ1) is 12.0. The first-order valence-corrected chi connectivity index (χ1v) is 8.04. The monoisotopic (exact) mass is 404 g/mol. The minimum absolute atomic E-state index is 0.0239. The smallest absolute Gasteiger partial charge is 0.164 e. The Balaban J connectivity index is 2.30. The van der Waals surface area contributed by atoms with E-state index < -0.39 is 0 Å². The highest BCUT2D eigenvalue weighted by Gasteiger charge is 2.11. The summed E-state index contributed by atoms with van der Waals surface area (Å²) in [5.41, 5.74) is 5.34. The van der Waals surface area contributed by atoms with Crippen molar-refractivity contribution >= 4 is 28.0 Å². The van der Waals surface area contributed by atoms with Crippen molar-refractivity contribution in [2.24, 2.45) is 5.10 Å². The zero-order valence-corrected chi connectivity index (χ0v) is 15.6. The lowest BCUT2D eigenvalue weighted by Crippen LogP contribution is -2.03. The van der Waals surface area contributed by atoms with E-state index in [1.165, 1.54) is 19.4 Å². The lowest BCUT2D eigenvalue weighted by Gasteiger charge is -2.09. The first kappa shape index (κ1) is 18.7. The summed E-state index contributed by atoms with van der Waals surface area (Å²) in [4.78, 5) is 4.31. The molecule has 1 heterocycles. The molecular weight excluding hydrogens is 388 g/mol. The number of aromatic hydroxyl groups is 1. The Morgan fingerprint density at radius 3 is 2.80 bits per heavy atom. The normalized spacial score (nSPS) is 10.7. The maximum absolute atomic E-state index is 9.73. The van der Waals surface area contributed by atoms with E-state index in [0.29, 0.717) is 33.8 Å². The molecule has 0 saturated carbocycles. The summed E-state index contributed by atoms with van der Waals surface area (Å²) in [7, 11) is 3.03. The molecule has 0 atom stereocenters. The standard InChI is InChI=1S/C17H17BrN4O3/c1-10-4-12(9-24-2)13(7-19)17(21-10)22-20-8-11-5-16(25-3)15(23)6-14(11)18/h4-6,8,23H,9H2,1-3H3,(H,21,22)/b20-8+. The van der Waals surface area contributed by atoms with Gasteiger partial charge in [0.05, 0.1) is 19.9 Å². The summed E-state index contributed by atoms with van der Waals surface area (Å²) in [6.07, 6.45) is 1.53. The van der Waals surface area contributed by atoms with Crippen molar-refractivity contribution in [1.29, 1.82) is 5.26 Å². The van der Waals surface area contributed by atoms with Gasteiger partial charge in [0.25, 0.3) is 0 Å². The van der Waals surface area contributed by atoms with E-state index in [9.17, 15) is 10.4 Å². The molecule has 2 N–H and O–H groups in total. The van der Waals surface area contributed by atoms with E-state index in [4.69, 9.17) is 9.47 Å². The van der Waals surface area contributed by atoms with E-state index in [-0.39, 0.29) is 5.75 Å². The maximum atomic E-state index is 9.73. The number of hydrazone groups is 1. The number of halogens is 1. The number of phenols is 1. The van der Waals surface area contributed by atoms with Crippen LogP contribution in [0.2, 0.25) is 0 Å². The number of nitrogens with zero attached hydrogens (tertiary/aromatic N) is 3. The van der Waals surface area contributed by atoms with Crippen molar-refractivity contribution in [2.45, 2.75) is 13.5 Å². The number of nitriles is 1. The lowest BCUT2D eigenvalue weighted by molar-refractivity contribution is 0.184. The third kappa shape index (κ3) is 4.47. The minimum atomic E-state index is 0.0239. The van der Waals surface area contributed by atoms with Crippen LogP contribution in [0.25, 0.3) is 0 Å². The molecule has 0 spiro atoms. The van der Waals surface area contributed by atoms with Crippen LogP contribution in [0, 0.1) is 18.3 Å². The van der Waals surface area contributed by atoms with Crippen LogP contribution in [0.3, 0.4) is 0 Å². The Bertz CT molecular complexity index is 847. The molecule has 0 radical (unpaired) electrons. The predicted molar refractivity (Wildman–Crippen MR) is 98.0 cm³/mol. The molecular formula is C17H17BrN4O3. The van der Waals surface area contributed by atoms with E-state index in [0.717, 1.165) is 11.3 Å². The molecule has 7 nitrogen and oxygen atoms in total. The highest BCUT2D eigenvalue weighted by Crippen LogP contribution is 2.31. The highest BCUT2D eigenvalue weighted by atomic mass is 79.9. The van der Waals surface area contributed by atoms with Gasteiger partial charge in [-0.25, -0.2) is 4.98 Å². The van der Waals surface area contributed by atoms with Gasteiger partial charge < -0.3 is 14.6 Å². The second-order valence-electron chi connectivity index (χ2n) is 5.11. The average molecular weight is 405 g/mol. The molecule has 25 heavy (non-hydrogen) atoms. The largest absolute Gasteiger partial charge is 0.504 e. The Morgan fingerprint density at radius 1 is 1.40 bits per heavy atom. The van der Waals surface area contributed by atoms with Gasteiger partial charge in [0.15, 0.2) is 17.3 Å². The number of ether oxygens (including phenoxy) is 2. The number of aryl methyl sites for hydroxylation is 1. The fourth-order valence-electron chi connectivity index (χ4n) is 2.20. The Labute approximate surface area is 154 Å². The zero-order chi connectivity index (χ0) is 18.4. The van der Waals surface area contributed by atoms with Gasteiger partial charge in [0, 0.05) is 28.4 Å². The van der Waals surface area contributed by atoms with Crippen molar-refractivity contribution in [1.82, 2.24) is 4.98 Å². The average Bonchev–Trinajstić information content (AvgIpc) is 2.57. The molecule has 0 aliphatic heterocycles. The summed E-state index contributed by atoms with van der Waals surface area (Å²) in [5, 5.41) is 23.2. The van der Waals surface area contributed by atoms with Gasteiger partial charge in [0.1, 0.15) is 11.6 Å². The second kappa shape index (κ2) is 8.46. The molecule has 1 aromatic carbocycles. The minimum Gasteiger partial charge on any atom is -0.504 e. The number of rotatable bonds is 6. The number of benzene rings is 1. The third-order valence-corrected chi connectivity index (χ3v) is 4.00. The molecule has 8 heteroatoms. The molecule has 2 aromatic rings. The van der Waals surface area contributed by atoms with E-state index in [1.54, 1.807) is 19.2 Å². The molecule has 0 aliphatic rings. The number of hydrogen-bond donors (Lipinski definition) is 2.